The molecule has 2 rings (SSSR count). The maximum absolute atomic E-state index is 11.4. The van der Waals surface area contributed by atoms with Gasteiger partial charge in [0.2, 0.25) is 0 Å². The lowest BCUT2D eigenvalue weighted by Crippen LogP contribution is -2.42. The summed E-state index contributed by atoms with van der Waals surface area (Å²) in [6, 6.07) is 0. The van der Waals surface area contributed by atoms with E-state index in [9.17, 15) is 4.79 Å². The molecule has 0 aliphatic carbocycles. The van der Waals surface area contributed by atoms with Crippen LogP contribution >= 0.6 is 0 Å². The average molecular weight is 182 g/mol. The molecule has 2 unspecified atom stereocenters. The van der Waals surface area contributed by atoms with Gasteiger partial charge in [0, 0.05) is 19.0 Å². The quantitative estimate of drug-likeness (QED) is 0.695. The van der Waals surface area contributed by atoms with Crippen LogP contribution in [-0.4, -0.2) is 22.3 Å². The molecule has 0 aromatic carbocycles. The van der Waals surface area contributed by atoms with Crippen molar-refractivity contribution in [2.75, 3.05) is 6.61 Å². The van der Waals surface area contributed by atoms with Crippen LogP contribution in [0.1, 0.15) is 20.3 Å². The minimum Gasteiger partial charge on any atom is -0.376 e. The smallest absolute Gasteiger partial charge is 0.326 e. The molecule has 1 aliphatic rings. The molecule has 2 atom stereocenters. The largest absolute Gasteiger partial charge is 0.376 e. The van der Waals surface area contributed by atoms with Crippen LogP contribution < -0.4 is 5.69 Å². The lowest BCUT2D eigenvalue weighted by atomic mass is 9.94. The van der Waals surface area contributed by atoms with E-state index in [1.54, 1.807) is 17.0 Å². The van der Waals surface area contributed by atoms with Crippen molar-refractivity contribution in [2.24, 2.45) is 0 Å². The molecule has 1 fully saturated rings. The number of aromatic amines is 1. The monoisotopic (exact) mass is 182 g/mol. The van der Waals surface area contributed by atoms with E-state index in [1.165, 1.54) is 0 Å². The molecule has 0 spiro atoms. The van der Waals surface area contributed by atoms with E-state index in [0.717, 1.165) is 13.0 Å². The number of aromatic nitrogens is 2. The molecule has 2 heterocycles. The normalized spacial score (nSPS) is 33.8. The van der Waals surface area contributed by atoms with E-state index < -0.39 is 0 Å². The topological polar surface area (TPSA) is 47.0 Å². The first-order valence-electron chi connectivity index (χ1n) is 4.53. The summed E-state index contributed by atoms with van der Waals surface area (Å²) in [7, 11) is 0. The molecule has 0 radical (unpaired) electrons. The molecular weight excluding hydrogens is 168 g/mol. The van der Waals surface area contributed by atoms with Gasteiger partial charge in [-0.3, -0.25) is 4.57 Å². The highest BCUT2D eigenvalue weighted by Gasteiger charge is 2.39. The van der Waals surface area contributed by atoms with E-state index in [1.807, 2.05) is 6.92 Å². The third-order valence-electron chi connectivity index (χ3n) is 3.05. The number of nitrogens with zero attached hydrogens (tertiary/aromatic N) is 1. The lowest BCUT2D eigenvalue weighted by molar-refractivity contribution is 0.0747. The Morgan fingerprint density at radius 3 is 3.00 bits per heavy atom. The highest BCUT2D eigenvalue weighted by Crippen LogP contribution is 2.31. The lowest BCUT2D eigenvalue weighted by Gasteiger charge is -2.28. The van der Waals surface area contributed by atoms with Gasteiger partial charge in [0.1, 0.15) is 0 Å². The van der Waals surface area contributed by atoms with E-state index >= 15 is 0 Å². The first kappa shape index (κ1) is 8.56. The average Bonchev–Trinajstić information content (AvgIpc) is 2.62. The number of hydrogen-bond acceptors (Lipinski definition) is 2. The fourth-order valence-electron chi connectivity index (χ4n) is 1.86. The molecule has 72 valence electrons. The number of nitrogens with one attached hydrogen (secondary N) is 1. The van der Waals surface area contributed by atoms with E-state index in [2.05, 4.69) is 11.9 Å². The van der Waals surface area contributed by atoms with Gasteiger partial charge in [0.25, 0.3) is 0 Å². The second-order valence-electron chi connectivity index (χ2n) is 3.76. The maximum Gasteiger partial charge on any atom is 0.326 e. The predicted molar refractivity (Wildman–Crippen MR) is 48.7 cm³/mol. The van der Waals surface area contributed by atoms with Crippen molar-refractivity contribution in [1.29, 1.82) is 0 Å². The van der Waals surface area contributed by atoms with Gasteiger partial charge < -0.3 is 9.72 Å². The molecular formula is C9H14N2O2. The van der Waals surface area contributed by atoms with Crippen molar-refractivity contribution in [3.8, 4) is 0 Å². The van der Waals surface area contributed by atoms with Gasteiger partial charge in [0.05, 0.1) is 11.6 Å². The zero-order valence-electron chi connectivity index (χ0n) is 7.91. The second-order valence-corrected chi connectivity index (χ2v) is 3.76. The van der Waals surface area contributed by atoms with Gasteiger partial charge in [-0.15, -0.1) is 0 Å². The van der Waals surface area contributed by atoms with Crippen LogP contribution in [-0.2, 0) is 10.3 Å². The fraction of sp³-hybridized carbons (Fsp3) is 0.667. The molecule has 0 amide bonds. The number of hydrogen-bond donors (Lipinski definition) is 1. The van der Waals surface area contributed by atoms with Gasteiger partial charge in [0.15, 0.2) is 0 Å². The Morgan fingerprint density at radius 1 is 1.77 bits per heavy atom. The van der Waals surface area contributed by atoms with Crippen molar-refractivity contribution in [2.45, 2.75) is 31.9 Å². The minimum atomic E-state index is -0.183. The number of ether oxygens (including phenoxy) is 1. The Bertz CT molecular complexity index is 354. The number of H-pyrrole nitrogens is 1. The van der Waals surface area contributed by atoms with Gasteiger partial charge in [-0.05, 0) is 20.3 Å². The Morgan fingerprint density at radius 2 is 2.54 bits per heavy atom. The summed E-state index contributed by atoms with van der Waals surface area (Å²) < 4.78 is 7.20. The standard InChI is InChI=1S/C9H14N2O2/c1-7-9(2,3-6-13-7)11-5-4-10-8(11)12/h4-5,7H,3,6H2,1-2H3,(H,10,12). The van der Waals surface area contributed by atoms with Crippen LogP contribution in [0.4, 0.5) is 0 Å². The number of imidazole rings is 1. The maximum atomic E-state index is 11.4. The first-order chi connectivity index (χ1) is 6.14. The third-order valence-corrected chi connectivity index (χ3v) is 3.05. The van der Waals surface area contributed by atoms with E-state index in [-0.39, 0.29) is 17.3 Å². The molecule has 1 aliphatic heterocycles. The number of rotatable bonds is 1. The van der Waals surface area contributed by atoms with Gasteiger partial charge in [-0.25, -0.2) is 4.79 Å². The van der Waals surface area contributed by atoms with Crippen LogP contribution in [0.3, 0.4) is 0 Å². The first-order valence-corrected chi connectivity index (χ1v) is 4.53. The molecule has 1 N–H and O–H groups in total. The van der Waals surface area contributed by atoms with Crippen molar-refractivity contribution < 1.29 is 4.74 Å². The summed E-state index contributed by atoms with van der Waals surface area (Å²) in [6.07, 6.45) is 4.44. The molecule has 1 aromatic rings. The summed E-state index contributed by atoms with van der Waals surface area (Å²) in [5.74, 6) is 0. The van der Waals surface area contributed by atoms with Crippen LogP contribution in [0.5, 0.6) is 0 Å². The van der Waals surface area contributed by atoms with Crippen LogP contribution in [0.25, 0.3) is 0 Å². The van der Waals surface area contributed by atoms with Crippen molar-refractivity contribution in [3.63, 3.8) is 0 Å². The minimum absolute atomic E-state index is 0.0557. The summed E-state index contributed by atoms with van der Waals surface area (Å²) in [5, 5.41) is 0. The molecule has 4 nitrogen and oxygen atoms in total. The van der Waals surface area contributed by atoms with Crippen molar-refractivity contribution in [1.82, 2.24) is 9.55 Å². The molecule has 0 saturated carbocycles. The van der Waals surface area contributed by atoms with Crippen LogP contribution in [0, 0.1) is 0 Å². The third kappa shape index (κ3) is 1.13. The zero-order chi connectivity index (χ0) is 9.47. The summed E-state index contributed by atoms with van der Waals surface area (Å²) in [5.41, 5.74) is -0.239. The highest BCUT2D eigenvalue weighted by atomic mass is 16.5. The summed E-state index contributed by atoms with van der Waals surface area (Å²) in [6.45, 7) is 4.79. The molecule has 1 aromatic heterocycles. The molecule has 0 bridgehead atoms. The Balaban J connectivity index is 2.45. The Kier molecular flexibility index (Phi) is 1.80. The molecule has 13 heavy (non-hydrogen) atoms. The SMILES string of the molecule is CC1OCCC1(C)n1cc[nH]c1=O. The van der Waals surface area contributed by atoms with Gasteiger partial charge in [-0.1, -0.05) is 0 Å². The van der Waals surface area contributed by atoms with E-state index in [4.69, 9.17) is 4.74 Å². The second kappa shape index (κ2) is 2.73. The Labute approximate surface area is 76.5 Å². The summed E-state index contributed by atoms with van der Waals surface area (Å²) >= 11 is 0. The predicted octanol–water partition coefficient (Wildman–Crippen LogP) is 0.700. The molecule has 4 heteroatoms. The highest BCUT2D eigenvalue weighted by molar-refractivity contribution is 4.96. The van der Waals surface area contributed by atoms with Crippen molar-refractivity contribution in [3.05, 3.63) is 22.9 Å². The molecule has 1 saturated heterocycles. The van der Waals surface area contributed by atoms with Gasteiger partial charge >= 0.3 is 5.69 Å². The van der Waals surface area contributed by atoms with Crippen molar-refractivity contribution >= 4 is 0 Å². The Hall–Kier alpha value is -1.03. The van der Waals surface area contributed by atoms with E-state index in [0.29, 0.717) is 0 Å². The zero-order valence-corrected chi connectivity index (χ0v) is 7.91. The van der Waals surface area contributed by atoms with Crippen LogP contribution in [0.15, 0.2) is 17.2 Å². The van der Waals surface area contributed by atoms with Crippen LogP contribution in [0.2, 0.25) is 0 Å². The van der Waals surface area contributed by atoms with Gasteiger partial charge in [-0.2, -0.15) is 0 Å². The summed E-state index contributed by atoms with van der Waals surface area (Å²) in [4.78, 5) is 14.1. The fourth-order valence-corrected chi connectivity index (χ4v) is 1.86.